The Morgan fingerprint density at radius 2 is 1.58 bits per heavy atom. The first kappa shape index (κ1) is 19.4. The van der Waals surface area contributed by atoms with Gasteiger partial charge < -0.3 is 9.80 Å². The summed E-state index contributed by atoms with van der Waals surface area (Å²) in [5, 5.41) is 12.1. The van der Waals surface area contributed by atoms with Crippen molar-refractivity contribution in [1.82, 2.24) is 14.9 Å². The number of aromatic nitrogens is 2. The molecule has 1 aromatic heterocycles. The van der Waals surface area contributed by atoms with Crippen LogP contribution in [0.25, 0.3) is 0 Å². The smallest absolute Gasteiger partial charge is 0.348 e. The van der Waals surface area contributed by atoms with Crippen molar-refractivity contribution in [2.45, 2.75) is 13.0 Å². The van der Waals surface area contributed by atoms with Crippen LogP contribution in [0, 0.1) is 10.1 Å². The van der Waals surface area contributed by atoms with Crippen molar-refractivity contribution in [2.24, 2.45) is 0 Å². The summed E-state index contributed by atoms with van der Waals surface area (Å²) in [7, 11) is 0. The maximum absolute atomic E-state index is 12.1. The van der Waals surface area contributed by atoms with E-state index in [2.05, 4.69) is 33.1 Å². The van der Waals surface area contributed by atoms with Gasteiger partial charge in [0.1, 0.15) is 6.33 Å². The van der Waals surface area contributed by atoms with E-state index in [1.807, 2.05) is 46.2 Å². The fourth-order valence-electron chi connectivity index (χ4n) is 4.47. The summed E-state index contributed by atoms with van der Waals surface area (Å²) in [6, 6.07) is 18.4. The molecule has 0 radical (unpaired) electrons. The molecule has 2 aromatic carbocycles. The largest absolute Gasteiger partial charge is 0.353 e. The Hall–Kier alpha value is -3.52. The van der Waals surface area contributed by atoms with E-state index in [9.17, 15) is 10.1 Å². The molecular formula is C23H24N6O2. The molecule has 1 fully saturated rings. The lowest BCUT2D eigenvalue weighted by Crippen LogP contribution is -2.46. The summed E-state index contributed by atoms with van der Waals surface area (Å²) in [5.74, 6) is 0.797. The zero-order valence-electron chi connectivity index (χ0n) is 17.2. The van der Waals surface area contributed by atoms with Gasteiger partial charge in [-0.1, -0.05) is 48.5 Å². The number of nitrogens with zero attached hydrogens (tertiary/aromatic N) is 6. The van der Waals surface area contributed by atoms with Crippen LogP contribution >= 0.6 is 0 Å². The number of nitro groups is 1. The molecule has 0 aliphatic carbocycles. The molecule has 158 valence electrons. The third-order valence-corrected chi connectivity index (χ3v) is 6.03. The molecule has 1 saturated heterocycles. The molecule has 0 saturated carbocycles. The molecule has 0 unspecified atom stereocenters. The number of piperazine rings is 1. The van der Waals surface area contributed by atoms with Crippen LogP contribution in [0.1, 0.15) is 11.1 Å². The first-order valence-corrected chi connectivity index (χ1v) is 10.6. The van der Waals surface area contributed by atoms with Crippen molar-refractivity contribution in [3.8, 4) is 0 Å². The summed E-state index contributed by atoms with van der Waals surface area (Å²) >= 11 is 0. The summed E-state index contributed by atoms with van der Waals surface area (Å²) in [4.78, 5) is 26.8. The fraction of sp³-hybridized carbons (Fsp3) is 0.304. The standard InChI is InChI=1S/C23H24N6O2/c30-29(31)21-22(27-14-12-26(13-15-27)16-18-6-2-1-3-7-18)24-17-25-23(21)28-11-10-19-8-4-5-9-20(19)28/h1-9,17H,10-16H2. The highest BCUT2D eigenvalue weighted by Crippen LogP contribution is 2.41. The Labute approximate surface area is 180 Å². The second-order valence-electron chi connectivity index (χ2n) is 7.91. The SMILES string of the molecule is O=[N+]([O-])c1c(N2CCN(Cc3ccccc3)CC2)ncnc1N1CCc2ccccc21. The minimum absolute atomic E-state index is 0.00397. The van der Waals surface area contributed by atoms with Crippen molar-refractivity contribution in [2.75, 3.05) is 42.5 Å². The van der Waals surface area contributed by atoms with Crippen LogP contribution in [0.3, 0.4) is 0 Å². The van der Waals surface area contributed by atoms with E-state index < -0.39 is 0 Å². The molecule has 8 nitrogen and oxygen atoms in total. The predicted molar refractivity (Wildman–Crippen MR) is 120 cm³/mol. The molecule has 8 heteroatoms. The van der Waals surface area contributed by atoms with Crippen molar-refractivity contribution >= 4 is 23.0 Å². The maximum atomic E-state index is 12.1. The lowest BCUT2D eigenvalue weighted by atomic mass is 10.2. The van der Waals surface area contributed by atoms with Crippen molar-refractivity contribution in [3.63, 3.8) is 0 Å². The molecular weight excluding hydrogens is 392 g/mol. The third kappa shape index (κ3) is 3.82. The van der Waals surface area contributed by atoms with Crippen LogP contribution in [-0.4, -0.2) is 52.5 Å². The quantitative estimate of drug-likeness (QED) is 0.466. The lowest BCUT2D eigenvalue weighted by molar-refractivity contribution is -0.383. The van der Waals surface area contributed by atoms with E-state index >= 15 is 0 Å². The van der Waals surface area contributed by atoms with Gasteiger partial charge in [0.05, 0.1) is 4.92 Å². The monoisotopic (exact) mass is 416 g/mol. The highest BCUT2D eigenvalue weighted by Gasteiger charge is 2.34. The topological polar surface area (TPSA) is 78.6 Å². The third-order valence-electron chi connectivity index (χ3n) is 6.03. The molecule has 0 amide bonds. The van der Waals surface area contributed by atoms with E-state index in [1.165, 1.54) is 17.5 Å². The molecule has 5 rings (SSSR count). The van der Waals surface area contributed by atoms with Gasteiger partial charge in [-0.3, -0.25) is 15.0 Å². The minimum atomic E-state index is -0.331. The normalized spacial score (nSPS) is 16.4. The molecule has 0 N–H and O–H groups in total. The summed E-state index contributed by atoms with van der Waals surface area (Å²) in [6.45, 7) is 4.62. The van der Waals surface area contributed by atoms with Crippen LogP contribution in [0.15, 0.2) is 60.9 Å². The molecule has 2 aliphatic rings. The van der Waals surface area contributed by atoms with E-state index in [0.717, 1.165) is 31.7 Å². The van der Waals surface area contributed by atoms with Gasteiger partial charge >= 0.3 is 5.69 Å². The average Bonchev–Trinajstić information content (AvgIpc) is 3.24. The lowest BCUT2D eigenvalue weighted by Gasteiger charge is -2.35. The molecule has 2 aliphatic heterocycles. The average molecular weight is 416 g/mol. The highest BCUT2D eigenvalue weighted by molar-refractivity contribution is 5.78. The van der Waals surface area contributed by atoms with Crippen molar-refractivity contribution in [3.05, 3.63) is 82.2 Å². The number of hydrogen-bond acceptors (Lipinski definition) is 7. The van der Waals surface area contributed by atoms with Crippen LogP contribution in [0.2, 0.25) is 0 Å². The Balaban J connectivity index is 1.38. The van der Waals surface area contributed by atoms with Crippen LogP contribution < -0.4 is 9.80 Å². The second kappa shape index (κ2) is 8.31. The molecule has 0 spiro atoms. The highest BCUT2D eigenvalue weighted by atomic mass is 16.6. The van der Waals surface area contributed by atoms with E-state index in [-0.39, 0.29) is 10.6 Å². The second-order valence-corrected chi connectivity index (χ2v) is 7.91. The maximum Gasteiger partial charge on any atom is 0.353 e. The Bertz CT molecular complexity index is 1080. The zero-order chi connectivity index (χ0) is 21.2. The fourth-order valence-corrected chi connectivity index (χ4v) is 4.47. The van der Waals surface area contributed by atoms with Gasteiger partial charge in [-0.15, -0.1) is 0 Å². The molecule has 3 heterocycles. The van der Waals surface area contributed by atoms with Crippen molar-refractivity contribution in [1.29, 1.82) is 0 Å². The van der Waals surface area contributed by atoms with E-state index in [0.29, 0.717) is 31.3 Å². The number of hydrogen-bond donors (Lipinski definition) is 0. The van der Waals surface area contributed by atoms with Gasteiger partial charge in [-0.2, -0.15) is 0 Å². The Morgan fingerprint density at radius 1 is 0.871 bits per heavy atom. The number of para-hydroxylation sites is 1. The number of benzene rings is 2. The van der Waals surface area contributed by atoms with Gasteiger partial charge in [0, 0.05) is 45.0 Å². The predicted octanol–water partition coefficient (Wildman–Crippen LogP) is 3.40. The minimum Gasteiger partial charge on any atom is -0.348 e. The van der Waals surface area contributed by atoms with Gasteiger partial charge in [-0.05, 0) is 23.6 Å². The number of rotatable bonds is 5. The van der Waals surface area contributed by atoms with Crippen LogP contribution in [-0.2, 0) is 13.0 Å². The molecule has 31 heavy (non-hydrogen) atoms. The van der Waals surface area contributed by atoms with Gasteiger partial charge in [-0.25, -0.2) is 9.97 Å². The van der Waals surface area contributed by atoms with Gasteiger partial charge in [0.15, 0.2) is 0 Å². The van der Waals surface area contributed by atoms with E-state index in [4.69, 9.17) is 0 Å². The summed E-state index contributed by atoms with van der Waals surface area (Å²) in [6.07, 6.45) is 2.31. The summed E-state index contributed by atoms with van der Waals surface area (Å²) < 4.78 is 0. The summed E-state index contributed by atoms with van der Waals surface area (Å²) in [5.41, 5.74) is 3.45. The van der Waals surface area contributed by atoms with E-state index in [1.54, 1.807) is 0 Å². The Kier molecular flexibility index (Phi) is 5.21. The zero-order valence-corrected chi connectivity index (χ0v) is 17.2. The molecule has 0 bridgehead atoms. The van der Waals surface area contributed by atoms with Gasteiger partial charge in [0.25, 0.3) is 0 Å². The first-order valence-electron chi connectivity index (χ1n) is 10.6. The van der Waals surface area contributed by atoms with Crippen LogP contribution in [0.4, 0.5) is 23.0 Å². The van der Waals surface area contributed by atoms with Crippen molar-refractivity contribution < 1.29 is 4.92 Å². The van der Waals surface area contributed by atoms with Crippen LogP contribution in [0.5, 0.6) is 0 Å². The first-order chi connectivity index (χ1) is 15.2. The number of anilines is 3. The Morgan fingerprint density at radius 3 is 2.35 bits per heavy atom. The number of fused-ring (bicyclic) bond motifs is 1. The molecule has 0 atom stereocenters. The molecule has 3 aromatic rings. The van der Waals surface area contributed by atoms with Gasteiger partial charge in [0.2, 0.25) is 11.6 Å².